The van der Waals surface area contributed by atoms with Crippen LogP contribution in [0.25, 0.3) is 0 Å². The molecule has 6 rings (SSSR count). The molecule has 0 spiro atoms. The Labute approximate surface area is 272 Å². The van der Waals surface area contributed by atoms with E-state index in [1.54, 1.807) is 37.3 Å². The van der Waals surface area contributed by atoms with E-state index in [1.807, 2.05) is 24.3 Å². The van der Waals surface area contributed by atoms with Crippen LogP contribution in [0.15, 0.2) is 113 Å². The minimum atomic E-state index is -4.18. The summed E-state index contributed by atoms with van der Waals surface area (Å²) >= 11 is 6.23. The van der Waals surface area contributed by atoms with Gasteiger partial charge in [-0.3, -0.25) is 9.10 Å². The molecule has 1 amide bonds. The van der Waals surface area contributed by atoms with Crippen molar-refractivity contribution < 1.29 is 22.3 Å². The Kier molecular flexibility index (Phi) is 8.84. The summed E-state index contributed by atoms with van der Waals surface area (Å²) in [5.41, 5.74) is 7.14. The van der Waals surface area contributed by atoms with Gasteiger partial charge in [0.1, 0.15) is 18.1 Å². The lowest BCUT2D eigenvalue weighted by Crippen LogP contribution is -2.40. The number of fused-ring (bicyclic) bond motifs is 3. The maximum atomic E-state index is 13.7. The average Bonchev–Trinajstić information content (AvgIpc) is 3.57. The van der Waals surface area contributed by atoms with Crippen LogP contribution in [0, 0.1) is 11.7 Å². The van der Waals surface area contributed by atoms with Gasteiger partial charge in [-0.25, -0.2) is 18.2 Å². The van der Waals surface area contributed by atoms with E-state index in [0.29, 0.717) is 5.71 Å². The van der Waals surface area contributed by atoms with E-state index in [1.165, 1.54) is 37.4 Å². The number of amides is 1. The van der Waals surface area contributed by atoms with E-state index in [4.69, 9.17) is 16.3 Å². The van der Waals surface area contributed by atoms with E-state index < -0.39 is 22.5 Å². The normalized spacial score (nSPS) is 18.7. The Morgan fingerprint density at radius 3 is 2.57 bits per heavy atom. The summed E-state index contributed by atoms with van der Waals surface area (Å²) in [4.78, 5) is 13.3. The van der Waals surface area contributed by atoms with Gasteiger partial charge in [0, 0.05) is 16.6 Å². The summed E-state index contributed by atoms with van der Waals surface area (Å²) in [6.45, 7) is 1.21. The maximum Gasteiger partial charge on any atom is 0.264 e. The molecule has 1 heterocycles. The number of ether oxygens (including phenoxy) is 1. The summed E-state index contributed by atoms with van der Waals surface area (Å²) in [5.74, 6) is -0.243. The molecule has 1 aliphatic carbocycles. The molecule has 11 heteroatoms. The van der Waals surface area contributed by atoms with Gasteiger partial charge in [0.15, 0.2) is 0 Å². The summed E-state index contributed by atoms with van der Waals surface area (Å²) in [6.07, 6.45) is 5.29. The predicted molar refractivity (Wildman–Crippen MR) is 179 cm³/mol. The van der Waals surface area contributed by atoms with Crippen molar-refractivity contribution in [3.63, 3.8) is 0 Å². The van der Waals surface area contributed by atoms with Gasteiger partial charge in [-0.2, -0.15) is 5.10 Å². The van der Waals surface area contributed by atoms with E-state index >= 15 is 0 Å². The monoisotopic (exact) mass is 658 g/mol. The molecule has 0 fully saturated rings. The predicted octanol–water partition coefficient (Wildman–Crippen LogP) is 7.05. The number of methoxy groups -OCH3 is 1. The van der Waals surface area contributed by atoms with Crippen molar-refractivity contribution in [3.05, 3.63) is 131 Å². The van der Waals surface area contributed by atoms with Gasteiger partial charge in [-0.1, -0.05) is 60.2 Å². The second-order valence-electron chi connectivity index (χ2n) is 11.2. The first kappa shape index (κ1) is 31.3. The van der Waals surface area contributed by atoms with Gasteiger partial charge >= 0.3 is 0 Å². The van der Waals surface area contributed by atoms with Crippen LogP contribution < -0.4 is 19.8 Å². The summed E-state index contributed by atoms with van der Waals surface area (Å²) in [7, 11) is -2.77. The number of hydrazone groups is 1. The van der Waals surface area contributed by atoms with Crippen molar-refractivity contribution in [1.29, 1.82) is 0 Å². The van der Waals surface area contributed by atoms with Crippen LogP contribution in [0.4, 0.5) is 15.8 Å². The largest absolute Gasteiger partial charge is 0.495 e. The number of carbonyl (C=O) groups is 1. The first-order chi connectivity index (χ1) is 22.2. The number of benzene rings is 4. The number of anilines is 2. The second-order valence-corrected chi connectivity index (χ2v) is 13.5. The Balaban J connectivity index is 1.24. The molecule has 0 bridgehead atoms. The van der Waals surface area contributed by atoms with Crippen LogP contribution in [0.5, 0.6) is 5.75 Å². The molecule has 0 aromatic heterocycles. The van der Waals surface area contributed by atoms with E-state index in [9.17, 15) is 17.6 Å². The molecule has 1 aliphatic heterocycles. The third kappa shape index (κ3) is 6.23. The topological polar surface area (TPSA) is 100 Å². The lowest BCUT2D eigenvalue weighted by molar-refractivity contribution is -0.119. The van der Waals surface area contributed by atoms with Gasteiger partial charge < -0.3 is 10.1 Å². The molecule has 0 saturated heterocycles. The van der Waals surface area contributed by atoms with Crippen LogP contribution >= 0.6 is 11.6 Å². The third-order valence-electron chi connectivity index (χ3n) is 8.39. The lowest BCUT2D eigenvalue weighted by atomic mass is 9.76. The van der Waals surface area contributed by atoms with Crippen molar-refractivity contribution in [2.75, 3.05) is 23.3 Å². The van der Waals surface area contributed by atoms with Gasteiger partial charge in [0.05, 0.1) is 29.4 Å². The number of hydrogen-bond acceptors (Lipinski definition) is 6. The van der Waals surface area contributed by atoms with Crippen LogP contribution in [0.1, 0.15) is 42.0 Å². The van der Waals surface area contributed by atoms with Gasteiger partial charge in [0.25, 0.3) is 15.9 Å². The zero-order valence-electron chi connectivity index (χ0n) is 25.2. The highest BCUT2D eigenvalue weighted by atomic mass is 35.5. The summed E-state index contributed by atoms with van der Waals surface area (Å²) < 4.78 is 47.5. The molecule has 236 valence electrons. The third-order valence-corrected chi connectivity index (χ3v) is 10.4. The molecule has 2 N–H and O–H groups in total. The van der Waals surface area contributed by atoms with Gasteiger partial charge in [0.2, 0.25) is 0 Å². The molecule has 4 aromatic carbocycles. The fourth-order valence-corrected chi connectivity index (χ4v) is 7.68. The number of carbonyl (C=O) groups excluding carboxylic acids is 1. The van der Waals surface area contributed by atoms with Crippen LogP contribution in [0.2, 0.25) is 5.02 Å². The fraction of sp³-hybridized carbons (Fsp3) is 0.200. The second kappa shape index (κ2) is 13.0. The Morgan fingerprint density at radius 1 is 1.07 bits per heavy atom. The quantitative estimate of drug-likeness (QED) is 0.114. The maximum absolute atomic E-state index is 13.7. The smallest absolute Gasteiger partial charge is 0.264 e. The lowest BCUT2D eigenvalue weighted by Gasteiger charge is -2.37. The molecular weight excluding hydrogens is 627 g/mol. The zero-order chi connectivity index (χ0) is 32.4. The fourth-order valence-electron chi connectivity index (χ4n) is 6.07. The first-order valence-corrected chi connectivity index (χ1v) is 16.5. The summed E-state index contributed by atoms with van der Waals surface area (Å²) in [5, 5.41) is 8.25. The Morgan fingerprint density at radius 2 is 1.83 bits per heavy atom. The van der Waals surface area contributed by atoms with Gasteiger partial charge in [-0.15, -0.1) is 0 Å². The number of halogens is 2. The van der Waals surface area contributed by atoms with Crippen molar-refractivity contribution in [3.8, 4) is 5.75 Å². The highest BCUT2D eigenvalue weighted by Gasteiger charge is 2.38. The van der Waals surface area contributed by atoms with Crippen molar-refractivity contribution >= 4 is 44.6 Å². The number of allylic oxidation sites excluding steroid dienone is 2. The molecule has 0 radical (unpaired) electrons. The van der Waals surface area contributed by atoms with Crippen molar-refractivity contribution in [1.82, 2.24) is 5.43 Å². The van der Waals surface area contributed by atoms with Crippen molar-refractivity contribution in [2.24, 2.45) is 11.0 Å². The average molecular weight is 659 g/mol. The Bertz CT molecular complexity index is 1930. The molecule has 0 unspecified atom stereocenters. The number of sulfonamides is 1. The van der Waals surface area contributed by atoms with Crippen LogP contribution in [-0.2, 0) is 14.8 Å². The number of rotatable bonds is 9. The number of hydrogen-bond donors (Lipinski definition) is 2. The minimum Gasteiger partial charge on any atom is -0.495 e. The number of nitrogens with one attached hydrogen (secondary N) is 2. The molecule has 46 heavy (non-hydrogen) atoms. The molecule has 4 aromatic rings. The SMILES string of the molecule is COc1ccc(Cl)cc1N(CC(=O)N/N=C(/C)c1ccc2c(c1)[C@@H]1C=CC[C@@H]1[C@H](c1ccc(F)cc1)N2)S(=O)(=O)c1ccccc1. The first-order valence-electron chi connectivity index (χ1n) is 14.7. The highest BCUT2D eigenvalue weighted by molar-refractivity contribution is 7.92. The van der Waals surface area contributed by atoms with Crippen molar-refractivity contribution in [2.45, 2.75) is 30.2 Å². The van der Waals surface area contributed by atoms with Crippen LogP contribution in [-0.4, -0.2) is 33.7 Å². The van der Waals surface area contributed by atoms with Crippen LogP contribution in [0.3, 0.4) is 0 Å². The molecular formula is C35H32ClFN4O4S. The van der Waals surface area contributed by atoms with E-state index in [0.717, 1.165) is 33.1 Å². The molecule has 2 aliphatic rings. The summed E-state index contributed by atoms with van der Waals surface area (Å²) in [6, 6.07) is 25.0. The van der Waals surface area contributed by atoms with Gasteiger partial charge in [-0.05, 0) is 90.6 Å². The minimum absolute atomic E-state index is 0.00751. The standard InChI is InChI=1S/C35H32ClFN4O4S/c1-22(24-13-17-31-30(19-24)28-9-6-10-29(28)35(38-31)23-11-15-26(37)16-12-23)39-40-34(42)21-41(32-20-25(36)14-18-33(32)45-2)46(43,44)27-7-4-3-5-8-27/h3-9,11-20,28-29,35,38H,10,21H2,1-2H3,(H,40,42)/b39-22-/t28-,29+,35+/m1/s1. The van der Waals surface area contributed by atoms with E-state index in [2.05, 4.69) is 34.1 Å². The highest BCUT2D eigenvalue weighted by Crippen LogP contribution is 2.50. The Hall–Kier alpha value is -4.67. The number of nitrogens with zero attached hydrogens (tertiary/aromatic N) is 2. The molecule has 0 saturated carbocycles. The van der Waals surface area contributed by atoms with E-state index in [-0.39, 0.29) is 45.0 Å². The molecule has 8 nitrogen and oxygen atoms in total. The molecule has 3 atom stereocenters. The zero-order valence-corrected chi connectivity index (χ0v) is 26.7.